The fraction of sp³-hybridized carbons (Fsp3) is 0.368. The number of likely N-dealkylation sites (tertiary alicyclic amines) is 1. The van der Waals surface area contributed by atoms with Crippen LogP contribution in [0, 0.1) is 5.92 Å². The van der Waals surface area contributed by atoms with Crippen LogP contribution in [0.5, 0.6) is 0 Å². The van der Waals surface area contributed by atoms with Crippen LogP contribution in [-0.4, -0.2) is 35.7 Å². The summed E-state index contributed by atoms with van der Waals surface area (Å²) in [6.07, 6.45) is 1.04. The molecule has 2 heterocycles. The van der Waals surface area contributed by atoms with Gasteiger partial charge in [-0.05, 0) is 23.4 Å². The number of benzene rings is 1. The Labute approximate surface area is 146 Å². The van der Waals surface area contributed by atoms with E-state index in [0.29, 0.717) is 19.4 Å². The Morgan fingerprint density at radius 3 is 2.67 bits per heavy atom. The zero-order valence-electron chi connectivity index (χ0n) is 14.0. The lowest BCUT2D eigenvalue weighted by Gasteiger charge is -2.40. The molecule has 2 amide bonds. The number of nitrogens with zero attached hydrogens (tertiary/aromatic N) is 2. The van der Waals surface area contributed by atoms with Gasteiger partial charge in [-0.3, -0.25) is 9.59 Å². The molecule has 4 nitrogen and oxygen atoms in total. The maximum atomic E-state index is 13.1. The van der Waals surface area contributed by atoms with Gasteiger partial charge in [-0.2, -0.15) is 0 Å². The van der Waals surface area contributed by atoms with E-state index in [1.54, 1.807) is 28.2 Å². The summed E-state index contributed by atoms with van der Waals surface area (Å²) in [6.45, 7) is 0.617. The van der Waals surface area contributed by atoms with E-state index in [0.717, 1.165) is 5.56 Å². The molecule has 0 radical (unpaired) electrons. The molecule has 0 spiro atoms. The average molecular weight is 342 g/mol. The van der Waals surface area contributed by atoms with Gasteiger partial charge in [0.05, 0.1) is 18.5 Å². The second kappa shape index (κ2) is 7.18. The predicted molar refractivity (Wildman–Crippen MR) is 95.5 cm³/mol. The van der Waals surface area contributed by atoms with Crippen molar-refractivity contribution in [1.29, 1.82) is 0 Å². The average Bonchev–Trinajstić information content (AvgIpc) is 3.10. The zero-order chi connectivity index (χ0) is 17.1. The van der Waals surface area contributed by atoms with Gasteiger partial charge in [0.25, 0.3) is 0 Å². The molecule has 0 bridgehead atoms. The third-order valence-electron chi connectivity index (χ3n) is 4.67. The molecule has 0 N–H and O–H groups in total. The summed E-state index contributed by atoms with van der Waals surface area (Å²) in [5.41, 5.74) is 1.02. The summed E-state index contributed by atoms with van der Waals surface area (Å²) in [5, 5.41) is 2.02. The Morgan fingerprint density at radius 1 is 1.25 bits per heavy atom. The largest absolute Gasteiger partial charge is 0.340 e. The summed E-state index contributed by atoms with van der Waals surface area (Å²) in [5.74, 6) is 0.0190. The highest BCUT2D eigenvalue weighted by Crippen LogP contribution is 2.36. The van der Waals surface area contributed by atoms with Crippen LogP contribution in [-0.2, 0) is 16.1 Å². The Morgan fingerprint density at radius 2 is 2.00 bits per heavy atom. The smallest absolute Gasteiger partial charge is 0.228 e. The van der Waals surface area contributed by atoms with Crippen LogP contribution in [0.2, 0.25) is 0 Å². The topological polar surface area (TPSA) is 40.6 Å². The number of amides is 2. The van der Waals surface area contributed by atoms with Gasteiger partial charge in [0, 0.05) is 25.4 Å². The molecule has 0 unspecified atom stereocenters. The fourth-order valence-electron chi connectivity index (χ4n) is 3.40. The summed E-state index contributed by atoms with van der Waals surface area (Å²) in [4.78, 5) is 29.9. The molecular weight excluding hydrogens is 320 g/mol. The molecule has 24 heavy (non-hydrogen) atoms. The van der Waals surface area contributed by atoms with E-state index in [1.807, 2.05) is 54.9 Å². The molecule has 3 rings (SSSR count). The lowest BCUT2D eigenvalue weighted by molar-refractivity contribution is -0.146. The Hall–Kier alpha value is -2.14. The molecule has 1 aliphatic heterocycles. The van der Waals surface area contributed by atoms with Gasteiger partial charge in [-0.25, -0.2) is 0 Å². The predicted octanol–water partition coefficient (Wildman–Crippen LogP) is 3.32. The van der Waals surface area contributed by atoms with Crippen molar-refractivity contribution in [3.8, 4) is 0 Å². The van der Waals surface area contributed by atoms with Gasteiger partial charge in [-0.1, -0.05) is 36.4 Å². The number of rotatable bonds is 4. The van der Waals surface area contributed by atoms with Crippen LogP contribution >= 0.6 is 11.3 Å². The third kappa shape index (κ3) is 3.36. The first kappa shape index (κ1) is 16.7. The minimum atomic E-state index is -0.194. The second-order valence-corrected chi connectivity index (χ2v) is 7.31. The molecule has 1 aromatic carbocycles. The van der Waals surface area contributed by atoms with Crippen molar-refractivity contribution in [2.75, 3.05) is 14.1 Å². The first-order valence-corrected chi connectivity index (χ1v) is 9.04. The third-order valence-corrected chi connectivity index (χ3v) is 5.53. The van der Waals surface area contributed by atoms with Crippen molar-refractivity contribution in [2.45, 2.75) is 25.4 Å². The standard InChI is InChI=1S/C19H22N2O2S/c1-20(13-15-9-6-12-24-15)19(23)16-10-11-17(22)21(2)18(16)14-7-4-3-5-8-14/h3-9,12,16,18H,10-11,13H2,1-2H3/t16-,18-/m0/s1. The highest BCUT2D eigenvalue weighted by atomic mass is 32.1. The maximum Gasteiger partial charge on any atom is 0.228 e. The Bertz CT molecular complexity index is 699. The van der Waals surface area contributed by atoms with Crippen LogP contribution in [0.4, 0.5) is 0 Å². The van der Waals surface area contributed by atoms with Crippen molar-refractivity contribution in [3.05, 3.63) is 58.3 Å². The van der Waals surface area contributed by atoms with E-state index in [1.165, 1.54) is 4.88 Å². The summed E-state index contributed by atoms with van der Waals surface area (Å²) in [7, 11) is 3.65. The molecule has 2 atom stereocenters. The van der Waals surface area contributed by atoms with E-state index in [4.69, 9.17) is 0 Å². The van der Waals surface area contributed by atoms with Crippen LogP contribution in [0.25, 0.3) is 0 Å². The summed E-state index contributed by atoms with van der Waals surface area (Å²) >= 11 is 1.66. The molecule has 0 aliphatic carbocycles. The number of piperidine rings is 1. The van der Waals surface area contributed by atoms with Gasteiger partial charge in [0.1, 0.15) is 0 Å². The van der Waals surface area contributed by atoms with Crippen LogP contribution in [0.1, 0.15) is 29.3 Å². The zero-order valence-corrected chi connectivity index (χ0v) is 14.8. The Balaban J connectivity index is 1.83. The van der Waals surface area contributed by atoms with E-state index < -0.39 is 0 Å². The molecule has 1 aliphatic rings. The molecule has 1 fully saturated rings. The minimum Gasteiger partial charge on any atom is -0.340 e. The maximum absolute atomic E-state index is 13.1. The van der Waals surface area contributed by atoms with Gasteiger partial charge < -0.3 is 9.80 Å². The number of carbonyl (C=O) groups is 2. The number of carbonyl (C=O) groups excluding carboxylic acids is 2. The molecule has 126 valence electrons. The quantitative estimate of drug-likeness (QED) is 0.855. The van der Waals surface area contributed by atoms with Gasteiger partial charge in [0.2, 0.25) is 11.8 Å². The van der Waals surface area contributed by atoms with E-state index >= 15 is 0 Å². The molecule has 1 aromatic heterocycles. The molecule has 0 saturated carbocycles. The molecule has 1 saturated heterocycles. The van der Waals surface area contributed by atoms with Crippen molar-refractivity contribution < 1.29 is 9.59 Å². The lowest BCUT2D eigenvalue weighted by Crippen LogP contribution is -2.46. The van der Waals surface area contributed by atoms with Crippen LogP contribution in [0.3, 0.4) is 0 Å². The SMILES string of the molecule is CN(Cc1cccs1)C(=O)[C@H]1CCC(=O)N(C)[C@H]1c1ccccc1. The summed E-state index contributed by atoms with van der Waals surface area (Å²) < 4.78 is 0. The highest BCUT2D eigenvalue weighted by Gasteiger charge is 2.39. The summed E-state index contributed by atoms with van der Waals surface area (Å²) in [6, 6.07) is 13.7. The fourth-order valence-corrected chi connectivity index (χ4v) is 4.16. The number of thiophene rings is 1. The monoisotopic (exact) mass is 342 g/mol. The van der Waals surface area contributed by atoms with Gasteiger partial charge in [-0.15, -0.1) is 11.3 Å². The van der Waals surface area contributed by atoms with Crippen molar-refractivity contribution in [3.63, 3.8) is 0 Å². The molecular formula is C19H22N2O2S. The number of hydrogen-bond donors (Lipinski definition) is 0. The van der Waals surface area contributed by atoms with Crippen LogP contribution < -0.4 is 0 Å². The normalized spacial score (nSPS) is 20.9. The molecule has 2 aromatic rings. The van der Waals surface area contributed by atoms with Crippen molar-refractivity contribution >= 4 is 23.2 Å². The van der Waals surface area contributed by atoms with Crippen molar-refractivity contribution in [1.82, 2.24) is 9.80 Å². The van der Waals surface area contributed by atoms with E-state index in [9.17, 15) is 9.59 Å². The van der Waals surface area contributed by atoms with E-state index in [2.05, 4.69) is 0 Å². The first-order chi connectivity index (χ1) is 11.6. The Kier molecular flexibility index (Phi) is 5.00. The van der Waals surface area contributed by atoms with E-state index in [-0.39, 0.29) is 23.8 Å². The van der Waals surface area contributed by atoms with Crippen LogP contribution in [0.15, 0.2) is 47.8 Å². The van der Waals surface area contributed by atoms with Crippen molar-refractivity contribution in [2.24, 2.45) is 5.92 Å². The molecule has 5 heteroatoms. The van der Waals surface area contributed by atoms with Gasteiger partial charge >= 0.3 is 0 Å². The number of hydrogen-bond acceptors (Lipinski definition) is 3. The lowest BCUT2D eigenvalue weighted by atomic mass is 9.83. The van der Waals surface area contributed by atoms with Gasteiger partial charge in [0.15, 0.2) is 0 Å². The highest BCUT2D eigenvalue weighted by molar-refractivity contribution is 7.09. The minimum absolute atomic E-state index is 0.105. The second-order valence-electron chi connectivity index (χ2n) is 6.28. The first-order valence-electron chi connectivity index (χ1n) is 8.16.